The van der Waals surface area contributed by atoms with Crippen LogP contribution in [0.4, 0.5) is 11.4 Å². The molecule has 0 radical (unpaired) electrons. The lowest BCUT2D eigenvalue weighted by Gasteiger charge is -2.34. The molecule has 1 fully saturated rings. The van der Waals surface area contributed by atoms with Gasteiger partial charge in [-0.3, -0.25) is 0 Å². The third kappa shape index (κ3) is 2.12. The van der Waals surface area contributed by atoms with Crippen LogP contribution in [-0.4, -0.2) is 38.8 Å². The van der Waals surface area contributed by atoms with Crippen LogP contribution < -0.4 is 20.3 Å². The number of nitrogens with zero attached hydrogens (tertiary/aromatic N) is 1. The summed E-state index contributed by atoms with van der Waals surface area (Å²) in [6, 6.07) is 6.35. The number of fused-ring (bicyclic) bond motifs is 1. The molecule has 0 amide bonds. The number of benzene rings is 1. The van der Waals surface area contributed by atoms with Crippen molar-refractivity contribution in [1.82, 2.24) is 5.32 Å². The van der Waals surface area contributed by atoms with Crippen molar-refractivity contribution in [1.29, 1.82) is 0 Å². The number of nitrogens with one attached hydrogen (secondary N) is 2. The molecular weight excluding hydrogens is 226 g/mol. The highest BCUT2D eigenvalue weighted by Crippen LogP contribution is 2.38. The molecule has 3 rings (SSSR count). The van der Waals surface area contributed by atoms with Crippen LogP contribution in [0.15, 0.2) is 18.2 Å². The minimum absolute atomic E-state index is 0.302. The van der Waals surface area contributed by atoms with Crippen LogP contribution in [0.5, 0.6) is 5.75 Å². The zero-order chi connectivity index (χ0) is 12.4. The SMILES string of the molecule is CCC1CNc2c(cccc2N2CCNCC2)O1. The van der Waals surface area contributed by atoms with E-state index in [2.05, 4.69) is 40.7 Å². The fourth-order valence-electron chi connectivity index (χ4n) is 2.63. The maximum Gasteiger partial charge on any atom is 0.145 e. The van der Waals surface area contributed by atoms with Crippen molar-refractivity contribution in [2.75, 3.05) is 42.9 Å². The average Bonchev–Trinajstić information content (AvgIpc) is 2.47. The number of hydrogen-bond donors (Lipinski definition) is 2. The van der Waals surface area contributed by atoms with E-state index in [0.717, 1.165) is 44.9 Å². The van der Waals surface area contributed by atoms with E-state index in [4.69, 9.17) is 4.74 Å². The molecule has 2 N–H and O–H groups in total. The Bertz CT molecular complexity index is 416. The first-order valence-corrected chi connectivity index (χ1v) is 6.87. The summed E-state index contributed by atoms with van der Waals surface area (Å²) in [5.74, 6) is 1.00. The quantitative estimate of drug-likeness (QED) is 0.833. The predicted molar refractivity (Wildman–Crippen MR) is 74.7 cm³/mol. The van der Waals surface area contributed by atoms with Crippen molar-refractivity contribution in [3.05, 3.63) is 18.2 Å². The first-order chi connectivity index (χ1) is 8.88. The number of anilines is 2. The van der Waals surface area contributed by atoms with Gasteiger partial charge in [-0.15, -0.1) is 0 Å². The largest absolute Gasteiger partial charge is 0.486 e. The third-order valence-corrected chi connectivity index (χ3v) is 3.72. The molecule has 2 aliphatic rings. The van der Waals surface area contributed by atoms with E-state index in [1.807, 2.05) is 0 Å². The number of piperazine rings is 1. The van der Waals surface area contributed by atoms with Crippen LogP contribution in [0.2, 0.25) is 0 Å². The molecule has 0 aliphatic carbocycles. The summed E-state index contributed by atoms with van der Waals surface area (Å²) >= 11 is 0. The van der Waals surface area contributed by atoms with Crippen molar-refractivity contribution in [3.63, 3.8) is 0 Å². The van der Waals surface area contributed by atoms with Crippen LogP contribution in [-0.2, 0) is 0 Å². The van der Waals surface area contributed by atoms with Crippen LogP contribution in [0.3, 0.4) is 0 Å². The van der Waals surface area contributed by atoms with Crippen molar-refractivity contribution >= 4 is 11.4 Å². The number of ether oxygens (including phenoxy) is 1. The molecule has 18 heavy (non-hydrogen) atoms. The Hall–Kier alpha value is -1.42. The second-order valence-electron chi connectivity index (χ2n) is 4.92. The first-order valence-electron chi connectivity index (χ1n) is 6.87. The topological polar surface area (TPSA) is 36.5 Å². The Morgan fingerprint density at radius 1 is 1.33 bits per heavy atom. The van der Waals surface area contributed by atoms with Crippen molar-refractivity contribution in [3.8, 4) is 5.75 Å². The highest BCUT2D eigenvalue weighted by Gasteiger charge is 2.23. The molecule has 0 aromatic heterocycles. The van der Waals surface area contributed by atoms with Gasteiger partial charge in [0.25, 0.3) is 0 Å². The molecule has 0 bridgehead atoms. The Labute approximate surface area is 108 Å². The molecule has 0 spiro atoms. The number of para-hydroxylation sites is 1. The smallest absolute Gasteiger partial charge is 0.145 e. The van der Waals surface area contributed by atoms with E-state index in [-0.39, 0.29) is 0 Å². The van der Waals surface area contributed by atoms with E-state index < -0.39 is 0 Å². The molecule has 1 aromatic carbocycles. The Kier molecular flexibility index (Phi) is 3.28. The summed E-state index contributed by atoms with van der Waals surface area (Å²) in [5.41, 5.74) is 2.45. The maximum atomic E-state index is 6.01. The summed E-state index contributed by atoms with van der Waals surface area (Å²) in [5, 5.41) is 6.93. The molecule has 0 saturated carbocycles. The zero-order valence-electron chi connectivity index (χ0n) is 10.9. The van der Waals surface area contributed by atoms with Gasteiger partial charge in [-0.2, -0.15) is 0 Å². The third-order valence-electron chi connectivity index (χ3n) is 3.72. The van der Waals surface area contributed by atoms with E-state index in [1.165, 1.54) is 11.4 Å². The van der Waals surface area contributed by atoms with Crippen LogP contribution in [0.25, 0.3) is 0 Å². The highest BCUT2D eigenvalue weighted by molar-refractivity contribution is 5.77. The minimum atomic E-state index is 0.302. The van der Waals surface area contributed by atoms with Gasteiger partial charge in [-0.1, -0.05) is 13.0 Å². The Morgan fingerprint density at radius 2 is 2.17 bits per heavy atom. The summed E-state index contributed by atoms with van der Waals surface area (Å²) < 4.78 is 6.01. The van der Waals surface area contributed by atoms with E-state index in [1.54, 1.807) is 0 Å². The predicted octanol–water partition coefficient (Wildman–Crippen LogP) is 1.68. The van der Waals surface area contributed by atoms with Gasteiger partial charge in [0.1, 0.15) is 17.5 Å². The second-order valence-corrected chi connectivity index (χ2v) is 4.92. The van der Waals surface area contributed by atoms with Gasteiger partial charge in [0.05, 0.1) is 12.2 Å². The molecular formula is C14H21N3O. The van der Waals surface area contributed by atoms with Crippen LogP contribution in [0, 0.1) is 0 Å². The standard InChI is InChI=1S/C14H21N3O/c1-2-11-10-16-14-12(4-3-5-13(14)18-11)17-8-6-15-7-9-17/h3-5,11,15-16H,2,6-10H2,1H3. The van der Waals surface area contributed by atoms with Crippen LogP contribution >= 0.6 is 0 Å². The van der Waals surface area contributed by atoms with E-state index >= 15 is 0 Å². The zero-order valence-corrected chi connectivity index (χ0v) is 10.9. The first kappa shape index (κ1) is 11.7. The van der Waals surface area contributed by atoms with Crippen molar-refractivity contribution < 1.29 is 4.74 Å². The molecule has 98 valence electrons. The molecule has 4 nitrogen and oxygen atoms in total. The second kappa shape index (κ2) is 5.06. The lowest BCUT2D eigenvalue weighted by atomic mass is 10.1. The van der Waals surface area contributed by atoms with Gasteiger partial charge < -0.3 is 20.3 Å². The lowest BCUT2D eigenvalue weighted by molar-refractivity contribution is 0.202. The number of hydrogen-bond acceptors (Lipinski definition) is 4. The monoisotopic (exact) mass is 247 g/mol. The molecule has 1 saturated heterocycles. The molecule has 1 atom stereocenters. The molecule has 1 unspecified atom stereocenters. The summed E-state index contributed by atoms with van der Waals surface area (Å²) in [7, 11) is 0. The van der Waals surface area contributed by atoms with Gasteiger partial charge in [0.15, 0.2) is 0 Å². The van der Waals surface area contributed by atoms with Gasteiger partial charge in [-0.05, 0) is 18.6 Å². The summed E-state index contributed by atoms with van der Waals surface area (Å²) in [4.78, 5) is 2.43. The Morgan fingerprint density at radius 3 is 2.94 bits per heavy atom. The Balaban J connectivity index is 1.87. The normalized spacial score (nSPS) is 22.9. The van der Waals surface area contributed by atoms with E-state index in [0.29, 0.717) is 6.10 Å². The molecule has 2 heterocycles. The highest BCUT2D eigenvalue weighted by atomic mass is 16.5. The average molecular weight is 247 g/mol. The molecule has 4 heteroatoms. The lowest BCUT2D eigenvalue weighted by Crippen LogP contribution is -2.44. The van der Waals surface area contributed by atoms with Crippen molar-refractivity contribution in [2.24, 2.45) is 0 Å². The van der Waals surface area contributed by atoms with Crippen LogP contribution in [0.1, 0.15) is 13.3 Å². The van der Waals surface area contributed by atoms with E-state index in [9.17, 15) is 0 Å². The minimum Gasteiger partial charge on any atom is -0.486 e. The van der Waals surface area contributed by atoms with Gasteiger partial charge in [0.2, 0.25) is 0 Å². The van der Waals surface area contributed by atoms with Gasteiger partial charge in [0, 0.05) is 26.2 Å². The van der Waals surface area contributed by atoms with Gasteiger partial charge >= 0.3 is 0 Å². The number of rotatable bonds is 2. The molecule has 1 aromatic rings. The maximum absolute atomic E-state index is 6.01. The van der Waals surface area contributed by atoms with Gasteiger partial charge in [-0.25, -0.2) is 0 Å². The van der Waals surface area contributed by atoms with Crippen molar-refractivity contribution in [2.45, 2.75) is 19.4 Å². The summed E-state index contributed by atoms with van der Waals surface area (Å²) in [6.45, 7) is 7.32. The fourth-order valence-corrected chi connectivity index (χ4v) is 2.63. The molecule has 2 aliphatic heterocycles. The summed E-state index contributed by atoms with van der Waals surface area (Å²) in [6.07, 6.45) is 1.35. The fraction of sp³-hybridized carbons (Fsp3) is 0.571.